The number of piperazine rings is 1. The maximum absolute atomic E-state index is 6.15. The number of hydrogen-bond acceptors (Lipinski definition) is 5. The molecule has 168 valence electrons. The van der Waals surface area contributed by atoms with Crippen molar-refractivity contribution in [2.45, 2.75) is 51.2 Å². The molecule has 0 aromatic rings. The molecule has 3 fully saturated rings. The molecule has 2 unspecified atom stereocenters. The van der Waals surface area contributed by atoms with Crippen LogP contribution in [-0.4, -0.2) is 113 Å². The Kier molecular flexibility index (Phi) is 9.49. The van der Waals surface area contributed by atoms with Crippen LogP contribution in [0.5, 0.6) is 0 Å². The van der Waals surface area contributed by atoms with Crippen molar-refractivity contribution in [2.75, 3.05) is 79.7 Å². The highest BCUT2D eigenvalue weighted by Crippen LogP contribution is 2.18. The van der Waals surface area contributed by atoms with Crippen LogP contribution in [0.25, 0.3) is 0 Å². The van der Waals surface area contributed by atoms with Gasteiger partial charge in [-0.3, -0.25) is 4.99 Å². The molecule has 0 bridgehead atoms. The molecular formula is C22H43N5O2. The van der Waals surface area contributed by atoms with Gasteiger partial charge in [-0.15, -0.1) is 0 Å². The minimum Gasteiger partial charge on any atom is -0.376 e. The Labute approximate surface area is 177 Å². The number of rotatable bonds is 7. The summed E-state index contributed by atoms with van der Waals surface area (Å²) < 4.78 is 11.9. The smallest absolute Gasteiger partial charge is 0.193 e. The molecular weight excluding hydrogens is 366 g/mol. The summed E-state index contributed by atoms with van der Waals surface area (Å²) in [7, 11) is 4.11. The number of aliphatic imine (C=N–C) groups is 1. The largest absolute Gasteiger partial charge is 0.376 e. The lowest BCUT2D eigenvalue weighted by Crippen LogP contribution is -2.50. The van der Waals surface area contributed by atoms with E-state index in [1.54, 1.807) is 0 Å². The number of guanidine groups is 1. The molecule has 0 aromatic heterocycles. The maximum Gasteiger partial charge on any atom is 0.193 e. The zero-order valence-electron chi connectivity index (χ0n) is 18.9. The molecule has 3 rings (SSSR count). The SMILES string of the molecule is CN=C(NCC(C)CN1CCN(C)CC1)N1CCC(OCC2CCCCO2)CC1. The van der Waals surface area contributed by atoms with Gasteiger partial charge in [0.1, 0.15) is 0 Å². The van der Waals surface area contributed by atoms with Gasteiger partial charge in [0.05, 0.1) is 18.8 Å². The van der Waals surface area contributed by atoms with E-state index in [0.29, 0.717) is 18.1 Å². The van der Waals surface area contributed by atoms with E-state index in [2.05, 4.69) is 39.0 Å². The van der Waals surface area contributed by atoms with Crippen molar-refractivity contribution < 1.29 is 9.47 Å². The van der Waals surface area contributed by atoms with E-state index in [1.165, 1.54) is 39.0 Å². The third-order valence-corrected chi connectivity index (χ3v) is 6.52. The topological polar surface area (TPSA) is 52.6 Å². The van der Waals surface area contributed by atoms with E-state index in [1.807, 2.05) is 7.05 Å². The first-order valence-electron chi connectivity index (χ1n) is 11.7. The van der Waals surface area contributed by atoms with Crippen LogP contribution in [0.15, 0.2) is 4.99 Å². The first-order chi connectivity index (χ1) is 14.1. The van der Waals surface area contributed by atoms with Crippen LogP contribution in [0.1, 0.15) is 39.0 Å². The summed E-state index contributed by atoms with van der Waals surface area (Å²) in [5.41, 5.74) is 0. The summed E-state index contributed by atoms with van der Waals surface area (Å²) in [6.45, 7) is 12.9. The van der Waals surface area contributed by atoms with Crippen molar-refractivity contribution in [1.29, 1.82) is 0 Å². The second kappa shape index (κ2) is 12.1. The molecule has 7 heteroatoms. The predicted molar refractivity (Wildman–Crippen MR) is 119 cm³/mol. The Bertz CT molecular complexity index is 482. The lowest BCUT2D eigenvalue weighted by atomic mass is 10.1. The van der Waals surface area contributed by atoms with Crippen LogP contribution >= 0.6 is 0 Å². The van der Waals surface area contributed by atoms with E-state index in [4.69, 9.17) is 9.47 Å². The van der Waals surface area contributed by atoms with E-state index >= 15 is 0 Å². The average molecular weight is 410 g/mol. The van der Waals surface area contributed by atoms with Gasteiger partial charge in [0.25, 0.3) is 0 Å². The van der Waals surface area contributed by atoms with Crippen LogP contribution in [0.3, 0.4) is 0 Å². The standard InChI is InChI=1S/C22H43N5O2/c1-19(17-26-13-11-25(3)12-14-26)16-24-22(23-2)27-9-7-20(8-10-27)29-18-21-6-4-5-15-28-21/h19-21H,4-18H2,1-3H3,(H,23,24). The van der Waals surface area contributed by atoms with E-state index in [0.717, 1.165) is 64.6 Å². The fourth-order valence-corrected chi connectivity index (χ4v) is 4.55. The van der Waals surface area contributed by atoms with Crippen LogP contribution in [0, 0.1) is 5.92 Å². The highest BCUT2D eigenvalue weighted by atomic mass is 16.5. The van der Waals surface area contributed by atoms with Gasteiger partial charge in [-0.05, 0) is 45.1 Å². The summed E-state index contributed by atoms with van der Waals surface area (Å²) in [5, 5.41) is 3.61. The van der Waals surface area contributed by atoms with Crippen molar-refractivity contribution in [3.05, 3.63) is 0 Å². The molecule has 0 aromatic carbocycles. The van der Waals surface area contributed by atoms with Gasteiger partial charge in [0, 0.05) is 66.0 Å². The highest BCUT2D eigenvalue weighted by molar-refractivity contribution is 5.79. The lowest BCUT2D eigenvalue weighted by molar-refractivity contribution is -0.0721. The Morgan fingerprint density at radius 3 is 2.52 bits per heavy atom. The molecule has 2 atom stereocenters. The Morgan fingerprint density at radius 1 is 1.10 bits per heavy atom. The van der Waals surface area contributed by atoms with Gasteiger partial charge in [0.2, 0.25) is 0 Å². The highest BCUT2D eigenvalue weighted by Gasteiger charge is 2.24. The summed E-state index contributed by atoms with van der Waals surface area (Å²) in [5.74, 6) is 1.66. The van der Waals surface area contributed by atoms with Crippen LogP contribution < -0.4 is 5.32 Å². The quantitative estimate of drug-likeness (QED) is 0.508. The summed E-state index contributed by atoms with van der Waals surface area (Å²) in [6, 6.07) is 0. The molecule has 0 amide bonds. The maximum atomic E-state index is 6.15. The van der Waals surface area contributed by atoms with Crippen LogP contribution in [0.2, 0.25) is 0 Å². The number of ether oxygens (including phenoxy) is 2. The third-order valence-electron chi connectivity index (χ3n) is 6.52. The fourth-order valence-electron chi connectivity index (χ4n) is 4.55. The van der Waals surface area contributed by atoms with E-state index in [-0.39, 0.29) is 0 Å². The molecule has 0 aliphatic carbocycles. The third kappa shape index (κ3) is 7.70. The summed E-state index contributed by atoms with van der Waals surface area (Å²) >= 11 is 0. The molecule has 0 radical (unpaired) electrons. The van der Waals surface area contributed by atoms with Crippen molar-refractivity contribution in [2.24, 2.45) is 10.9 Å². The fraction of sp³-hybridized carbons (Fsp3) is 0.955. The van der Waals surface area contributed by atoms with Gasteiger partial charge in [-0.1, -0.05) is 6.92 Å². The number of piperidine rings is 1. The Balaban J connectivity index is 1.31. The van der Waals surface area contributed by atoms with Gasteiger partial charge >= 0.3 is 0 Å². The van der Waals surface area contributed by atoms with Crippen molar-refractivity contribution in [3.8, 4) is 0 Å². The number of likely N-dealkylation sites (tertiary alicyclic amines) is 1. The number of hydrogen-bond donors (Lipinski definition) is 1. The minimum atomic E-state index is 0.318. The van der Waals surface area contributed by atoms with E-state index in [9.17, 15) is 0 Å². The zero-order chi connectivity index (χ0) is 20.5. The molecule has 0 spiro atoms. The van der Waals surface area contributed by atoms with E-state index < -0.39 is 0 Å². The van der Waals surface area contributed by atoms with Crippen LogP contribution in [-0.2, 0) is 9.47 Å². The second-order valence-corrected chi connectivity index (χ2v) is 9.15. The lowest BCUT2D eigenvalue weighted by Gasteiger charge is -2.36. The Hall–Kier alpha value is -0.890. The minimum absolute atomic E-state index is 0.318. The number of likely N-dealkylation sites (N-methyl/N-ethyl adjacent to an activating group) is 1. The molecule has 3 saturated heterocycles. The summed E-state index contributed by atoms with van der Waals surface area (Å²) in [4.78, 5) is 11.9. The number of nitrogens with zero attached hydrogens (tertiary/aromatic N) is 4. The van der Waals surface area contributed by atoms with Gasteiger partial charge in [-0.25, -0.2) is 0 Å². The molecule has 1 N–H and O–H groups in total. The molecule has 3 heterocycles. The molecule has 3 aliphatic heterocycles. The molecule has 3 aliphatic rings. The first-order valence-corrected chi connectivity index (χ1v) is 11.7. The molecule has 0 saturated carbocycles. The molecule has 29 heavy (non-hydrogen) atoms. The summed E-state index contributed by atoms with van der Waals surface area (Å²) in [6.07, 6.45) is 6.47. The Morgan fingerprint density at radius 2 is 1.86 bits per heavy atom. The van der Waals surface area contributed by atoms with Gasteiger partial charge in [0.15, 0.2) is 5.96 Å². The average Bonchev–Trinajstić information content (AvgIpc) is 2.76. The number of nitrogens with one attached hydrogen (secondary N) is 1. The van der Waals surface area contributed by atoms with Crippen molar-refractivity contribution in [1.82, 2.24) is 20.0 Å². The first kappa shape index (κ1) is 22.8. The zero-order valence-corrected chi connectivity index (χ0v) is 18.9. The van der Waals surface area contributed by atoms with Crippen molar-refractivity contribution in [3.63, 3.8) is 0 Å². The van der Waals surface area contributed by atoms with Crippen molar-refractivity contribution >= 4 is 5.96 Å². The van der Waals surface area contributed by atoms with Crippen LogP contribution in [0.4, 0.5) is 0 Å². The predicted octanol–water partition coefficient (Wildman–Crippen LogP) is 1.50. The second-order valence-electron chi connectivity index (χ2n) is 9.15. The van der Waals surface area contributed by atoms with Gasteiger partial charge < -0.3 is 29.5 Å². The van der Waals surface area contributed by atoms with Gasteiger partial charge in [-0.2, -0.15) is 0 Å². The molecule has 7 nitrogen and oxygen atoms in total. The monoisotopic (exact) mass is 409 g/mol. The normalized spacial score (nSPS) is 27.2.